The van der Waals surface area contributed by atoms with Crippen LogP contribution in [0.15, 0.2) is 23.1 Å². The van der Waals surface area contributed by atoms with Crippen molar-refractivity contribution in [2.45, 2.75) is 23.8 Å². The third-order valence-corrected chi connectivity index (χ3v) is 6.50. The summed E-state index contributed by atoms with van der Waals surface area (Å²) in [4.78, 5) is 10.1. The van der Waals surface area contributed by atoms with Gasteiger partial charge in [-0.25, -0.2) is 8.42 Å². The van der Waals surface area contributed by atoms with Crippen LogP contribution in [0.1, 0.15) is 12.8 Å². The number of sulfonamides is 1. The average molecular weight is 382 g/mol. The lowest BCUT2D eigenvalue weighted by Gasteiger charge is -2.33. The zero-order valence-corrected chi connectivity index (χ0v) is 14.5. The molecule has 2 unspecified atom stereocenters. The Balaban J connectivity index is 0.00000192. The van der Waals surface area contributed by atoms with E-state index in [0.717, 1.165) is 25.5 Å². The highest BCUT2D eigenvalue weighted by molar-refractivity contribution is 7.89. The molecular formula is C13H17Cl2N3O4S. The third kappa shape index (κ3) is 3.46. The minimum absolute atomic E-state index is 0. The van der Waals surface area contributed by atoms with Gasteiger partial charge in [-0.2, -0.15) is 4.31 Å². The minimum Gasteiger partial charge on any atom is -0.314 e. The van der Waals surface area contributed by atoms with Gasteiger partial charge >= 0.3 is 0 Å². The molecule has 2 fully saturated rings. The smallest absolute Gasteiger partial charge is 0.290 e. The Morgan fingerprint density at radius 3 is 2.78 bits per heavy atom. The molecule has 3 rings (SSSR count). The van der Waals surface area contributed by atoms with Crippen molar-refractivity contribution in [1.29, 1.82) is 0 Å². The van der Waals surface area contributed by atoms with E-state index in [9.17, 15) is 18.5 Å². The van der Waals surface area contributed by atoms with Gasteiger partial charge in [-0.15, -0.1) is 12.4 Å². The van der Waals surface area contributed by atoms with E-state index < -0.39 is 20.6 Å². The fourth-order valence-corrected chi connectivity index (χ4v) is 5.04. The van der Waals surface area contributed by atoms with Crippen molar-refractivity contribution in [3.63, 3.8) is 0 Å². The molecule has 10 heteroatoms. The van der Waals surface area contributed by atoms with Crippen LogP contribution in [0.3, 0.4) is 0 Å². The topological polar surface area (TPSA) is 92.5 Å². The Kier molecular flexibility index (Phi) is 5.52. The lowest BCUT2D eigenvalue weighted by atomic mass is 9.95. The second-order valence-corrected chi connectivity index (χ2v) is 7.97. The van der Waals surface area contributed by atoms with E-state index in [1.54, 1.807) is 0 Å². The number of hydrogen-bond donors (Lipinski definition) is 1. The van der Waals surface area contributed by atoms with Crippen LogP contribution in [0.5, 0.6) is 0 Å². The molecule has 0 spiro atoms. The van der Waals surface area contributed by atoms with Crippen molar-refractivity contribution in [2.75, 3.05) is 19.6 Å². The van der Waals surface area contributed by atoms with Gasteiger partial charge in [0.25, 0.3) is 5.69 Å². The summed E-state index contributed by atoms with van der Waals surface area (Å²) in [5.74, 6) is 0.273. The maximum Gasteiger partial charge on any atom is 0.290 e. The van der Waals surface area contributed by atoms with E-state index in [1.807, 2.05) is 0 Å². The van der Waals surface area contributed by atoms with Gasteiger partial charge in [0.15, 0.2) is 4.90 Å². The van der Waals surface area contributed by atoms with Gasteiger partial charge in [-0.1, -0.05) is 11.6 Å². The number of hydrogen-bond acceptors (Lipinski definition) is 5. The SMILES string of the molecule is Cl.O=[N+]([O-])c1cc(Cl)ccc1S(=O)(=O)N1CCC2NCCC2C1. The molecule has 0 radical (unpaired) electrons. The molecule has 0 amide bonds. The molecule has 1 aromatic rings. The summed E-state index contributed by atoms with van der Waals surface area (Å²) in [6.45, 7) is 1.67. The first kappa shape index (κ1) is 18.4. The molecule has 2 heterocycles. The highest BCUT2D eigenvalue weighted by Crippen LogP contribution is 2.33. The monoisotopic (exact) mass is 381 g/mol. The summed E-state index contributed by atoms with van der Waals surface area (Å²) >= 11 is 5.75. The standard InChI is InChI=1S/C13H16ClN3O4S.ClH/c14-10-1-2-13(12(7-10)17(18)19)22(20,21)16-6-4-11-9(8-16)3-5-15-11;/h1-2,7,9,11,15H,3-6,8H2;1H. The highest BCUT2D eigenvalue weighted by Gasteiger charge is 2.39. The third-order valence-electron chi connectivity index (χ3n) is 4.35. The number of fused-ring (bicyclic) bond motifs is 1. The summed E-state index contributed by atoms with van der Waals surface area (Å²) in [6.07, 6.45) is 1.66. The van der Waals surface area contributed by atoms with Crippen molar-refractivity contribution >= 4 is 39.7 Å². The van der Waals surface area contributed by atoms with Crippen LogP contribution in [0.25, 0.3) is 0 Å². The van der Waals surface area contributed by atoms with Crippen LogP contribution in [-0.2, 0) is 10.0 Å². The molecule has 2 aliphatic rings. The Bertz CT molecular complexity index is 713. The number of rotatable bonds is 3. The summed E-state index contributed by atoms with van der Waals surface area (Å²) < 4.78 is 26.9. The summed E-state index contributed by atoms with van der Waals surface area (Å²) in [6, 6.07) is 4.02. The van der Waals surface area contributed by atoms with Gasteiger partial charge in [0, 0.05) is 30.2 Å². The lowest BCUT2D eigenvalue weighted by molar-refractivity contribution is -0.387. The number of nitro groups is 1. The van der Waals surface area contributed by atoms with Crippen molar-refractivity contribution in [3.8, 4) is 0 Å². The van der Waals surface area contributed by atoms with Gasteiger partial charge in [0.05, 0.1) is 4.92 Å². The van der Waals surface area contributed by atoms with Gasteiger partial charge in [0.2, 0.25) is 10.0 Å². The van der Waals surface area contributed by atoms with Crippen LogP contribution in [0.4, 0.5) is 5.69 Å². The quantitative estimate of drug-likeness (QED) is 0.638. The Hall–Kier alpha value is -0.930. The number of nitrogens with zero attached hydrogens (tertiary/aromatic N) is 2. The van der Waals surface area contributed by atoms with Crippen LogP contribution >= 0.6 is 24.0 Å². The van der Waals surface area contributed by atoms with E-state index >= 15 is 0 Å². The molecule has 1 aromatic carbocycles. The van der Waals surface area contributed by atoms with Crippen LogP contribution < -0.4 is 5.32 Å². The number of nitrogens with one attached hydrogen (secondary N) is 1. The molecule has 0 bridgehead atoms. The first-order valence-electron chi connectivity index (χ1n) is 7.07. The Morgan fingerprint density at radius 2 is 2.09 bits per heavy atom. The molecule has 0 aliphatic carbocycles. The number of halogens is 2. The molecule has 0 aromatic heterocycles. The normalized spacial score (nSPS) is 24.7. The molecule has 128 valence electrons. The summed E-state index contributed by atoms with van der Waals surface area (Å²) in [5.41, 5.74) is -0.473. The van der Waals surface area contributed by atoms with E-state index in [2.05, 4.69) is 5.32 Å². The lowest BCUT2D eigenvalue weighted by Crippen LogP contribution is -2.46. The highest BCUT2D eigenvalue weighted by atomic mass is 35.5. The summed E-state index contributed by atoms with van der Waals surface area (Å²) in [5, 5.41) is 14.6. The molecule has 2 atom stereocenters. The molecule has 2 saturated heterocycles. The van der Waals surface area contributed by atoms with E-state index in [4.69, 9.17) is 11.6 Å². The minimum atomic E-state index is -3.89. The maximum atomic E-state index is 12.8. The van der Waals surface area contributed by atoms with Crippen molar-refractivity contribution in [2.24, 2.45) is 5.92 Å². The molecule has 23 heavy (non-hydrogen) atoms. The average Bonchev–Trinajstić information content (AvgIpc) is 2.94. The maximum absolute atomic E-state index is 12.8. The second kappa shape index (κ2) is 6.90. The Labute approximate surface area is 145 Å². The van der Waals surface area contributed by atoms with Crippen molar-refractivity contribution < 1.29 is 13.3 Å². The van der Waals surface area contributed by atoms with Gasteiger partial charge in [-0.05, 0) is 37.4 Å². The van der Waals surface area contributed by atoms with E-state index in [1.165, 1.54) is 16.4 Å². The predicted octanol–water partition coefficient (Wildman–Crippen LogP) is 2.04. The van der Waals surface area contributed by atoms with E-state index in [-0.39, 0.29) is 28.2 Å². The molecule has 2 aliphatic heterocycles. The number of nitro benzene ring substituents is 1. The fraction of sp³-hybridized carbons (Fsp3) is 0.538. The Morgan fingerprint density at radius 1 is 1.35 bits per heavy atom. The van der Waals surface area contributed by atoms with Gasteiger partial charge < -0.3 is 5.32 Å². The van der Waals surface area contributed by atoms with Crippen LogP contribution in [0, 0.1) is 16.0 Å². The molecule has 0 saturated carbocycles. The van der Waals surface area contributed by atoms with Crippen molar-refractivity contribution in [3.05, 3.63) is 33.3 Å². The van der Waals surface area contributed by atoms with Gasteiger partial charge in [0.1, 0.15) is 0 Å². The fourth-order valence-electron chi connectivity index (χ4n) is 3.22. The predicted molar refractivity (Wildman–Crippen MR) is 88.6 cm³/mol. The zero-order valence-electron chi connectivity index (χ0n) is 12.1. The van der Waals surface area contributed by atoms with Crippen LogP contribution in [0.2, 0.25) is 5.02 Å². The van der Waals surface area contributed by atoms with Crippen LogP contribution in [-0.4, -0.2) is 43.3 Å². The summed E-state index contributed by atoms with van der Waals surface area (Å²) in [7, 11) is -3.89. The first-order chi connectivity index (χ1) is 10.4. The van der Waals surface area contributed by atoms with Gasteiger partial charge in [-0.3, -0.25) is 10.1 Å². The molecular weight excluding hydrogens is 365 g/mol. The second-order valence-electron chi connectivity index (χ2n) is 5.63. The van der Waals surface area contributed by atoms with Crippen molar-refractivity contribution in [1.82, 2.24) is 9.62 Å². The largest absolute Gasteiger partial charge is 0.314 e. The number of piperidine rings is 1. The molecule has 1 N–H and O–H groups in total. The molecule has 7 nitrogen and oxygen atoms in total. The van der Waals surface area contributed by atoms with E-state index in [0.29, 0.717) is 19.1 Å². The first-order valence-corrected chi connectivity index (χ1v) is 8.89. The zero-order chi connectivity index (χ0) is 15.9. The number of benzene rings is 1.